The van der Waals surface area contributed by atoms with Gasteiger partial charge in [0.15, 0.2) is 0 Å². The molecular weight excluding hydrogens is 342 g/mol. The largest absolute Gasteiger partial charge is 0.379 e. The molecule has 2 N–H and O–H groups in total. The first-order valence-corrected chi connectivity index (χ1v) is 9.40. The van der Waals surface area contributed by atoms with E-state index >= 15 is 0 Å². The van der Waals surface area contributed by atoms with Crippen molar-refractivity contribution in [3.05, 3.63) is 59.9 Å². The SMILES string of the molecule is O=C(N[C@H]1CCOC1)c1cccc(S(=O)(=O)NCc2ccncc2)c1. The van der Waals surface area contributed by atoms with Gasteiger partial charge in [-0.2, -0.15) is 0 Å². The topological polar surface area (TPSA) is 97.4 Å². The molecule has 0 unspecified atom stereocenters. The van der Waals surface area contributed by atoms with E-state index in [1.807, 2.05) is 0 Å². The van der Waals surface area contributed by atoms with Crippen molar-refractivity contribution in [2.24, 2.45) is 0 Å². The molecule has 8 heteroatoms. The molecule has 0 bridgehead atoms. The van der Waals surface area contributed by atoms with E-state index in [1.54, 1.807) is 36.7 Å². The molecule has 0 radical (unpaired) electrons. The van der Waals surface area contributed by atoms with Gasteiger partial charge in [0.1, 0.15) is 0 Å². The second kappa shape index (κ2) is 7.73. The minimum atomic E-state index is -3.72. The third kappa shape index (κ3) is 4.62. The Labute approximate surface area is 146 Å². The van der Waals surface area contributed by atoms with Crippen molar-refractivity contribution in [3.8, 4) is 0 Å². The highest BCUT2D eigenvalue weighted by molar-refractivity contribution is 7.89. The molecule has 1 aliphatic heterocycles. The molecule has 1 aromatic carbocycles. The summed E-state index contributed by atoms with van der Waals surface area (Å²) in [5.74, 6) is -0.304. The first-order chi connectivity index (χ1) is 12.0. The molecule has 25 heavy (non-hydrogen) atoms. The number of sulfonamides is 1. The average molecular weight is 361 g/mol. The normalized spacial score (nSPS) is 17.4. The molecule has 2 heterocycles. The third-order valence-electron chi connectivity index (χ3n) is 3.89. The van der Waals surface area contributed by atoms with Gasteiger partial charge >= 0.3 is 0 Å². The van der Waals surface area contributed by atoms with Crippen molar-refractivity contribution in [2.45, 2.75) is 23.9 Å². The maximum absolute atomic E-state index is 12.4. The van der Waals surface area contributed by atoms with Gasteiger partial charge in [-0.15, -0.1) is 0 Å². The Bertz CT molecular complexity index is 834. The standard InChI is InChI=1S/C17H19N3O4S/c21-17(20-15-6-9-24-12-15)14-2-1-3-16(10-14)25(22,23)19-11-13-4-7-18-8-5-13/h1-5,7-8,10,15,19H,6,9,11-12H2,(H,20,21)/t15-/m0/s1. The number of nitrogens with one attached hydrogen (secondary N) is 2. The summed E-state index contributed by atoms with van der Waals surface area (Å²) < 4.78 is 32.6. The van der Waals surface area contributed by atoms with Crippen LogP contribution in [0.1, 0.15) is 22.3 Å². The predicted octanol–water partition coefficient (Wildman–Crippen LogP) is 1.08. The Morgan fingerprint density at radius 2 is 2.04 bits per heavy atom. The zero-order valence-corrected chi connectivity index (χ0v) is 14.3. The summed E-state index contributed by atoms with van der Waals surface area (Å²) in [5, 5.41) is 2.85. The summed E-state index contributed by atoms with van der Waals surface area (Å²) in [5.41, 5.74) is 1.10. The molecule has 1 fully saturated rings. The van der Waals surface area contributed by atoms with Crippen LogP contribution in [0.5, 0.6) is 0 Å². The van der Waals surface area contributed by atoms with Gasteiger partial charge in [0.05, 0.1) is 17.5 Å². The van der Waals surface area contributed by atoms with E-state index in [0.717, 1.165) is 12.0 Å². The number of ether oxygens (including phenoxy) is 1. The van der Waals surface area contributed by atoms with E-state index in [2.05, 4.69) is 15.0 Å². The molecule has 1 aliphatic rings. The molecule has 1 saturated heterocycles. The van der Waals surface area contributed by atoms with Crippen molar-refractivity contribution in [3.63, 3.8) is 0 Å². The van der Waals surface area contributed by atoms with E-state index < -0.39 is 10.0 Å². The fourth-order valence-electron chi connectivity index (χ4n) is 2.48. The summed E-state index contributed by atoms with van der Waals surface area (Å²) in [6.07, 6.45) is 3.96. The van der Waals surface area contributed by atoms with Crippen molar-refractivity contribution in [2.75, 3.05) is 13.2 Å². The van der Waals surface area contributed by atoms with Crippen molar-refractivity contribution >= 4 is 15.9 Å². The molecule has 1 atom stereocenters. The number of aromatic nitrogens is 1. The van der Waals surface area contributed by atoms with Crippen LogP contribution in [-0.2, 0) is 21.3 Å². The number of rotatable bonds is 6. The molecule has 2 aromatic rings. The number of nitrogens with zero attached hydrogens (tertiary/aromatic N) is 1. The van der Waals surface area contributed by atoms with Crippen LogP contribution < -0.4 is 10.0 Å². The number of carbonyl (C=O) groups excluding carboxylic acids is 1. The van der Waals surface area contributed by atoms with Gasteiger partial charge in [0, 0.05) is 31.1 Å². The third-order valence-corrected chi connectivity index (χ3v) is 5.29. The number of amides is 1. The first kappa shape index (κ1) is 17.5. The Hall–Kier alpha value is -2.29. The molecular formula is C17H19N3O4S. The van der Waals surface area contributed by atoms with Crippen molar-refractivity contribution in [1.82, 2.24) is 15.0 Å². The molecule has 1 aromatic heterocycles. The van der Waals surface area contributed by atoms with E-state index in [4.69, 9.17) is 4.74 Å². The fraction of sp³-hybridized carbons (Fsp3) is 0.294. The van der Waals surface area contributed by atoms with Crippen LogP contribution in [0.25, 0.3) is 0 Å². The smallest absolute Gasteiger partial charge is 0.251 e. The van der Waals surface area contributed by atoms with Gasteiger partial charge in [-0.25, -0.2) is 13.1 Å². The van der Waals surface area contributed by atoms with Crippen LogP contribution in [-0.4, -0.2) is 38.6 Å². The first-order valence-electron chi connectivity index (χ1n) is 7.92. The van der Waals surface area contributed by atoms with Crippen LogP contribution in [0.3, 0.4) is 0 Å². The summed E-state index contributed by atoms with van der Waals surface area (Å²) in [4.78, 5) is 16.2. The van der Waals surface area contributed by atoms with E-state index in [-0.39, 0.29) is 23.4 Å². The van der Waals surface area contributed by atoms with Gasteiger partial charge < -0.3 is 10.1 Å². The maximum atomic E-state index is 12.4. The molecule has 132 valence electrons. The Kier molecular flexibility index (Phi) is 5.42. The van der Waals surface area contributed by atoms with Gasteiger partial charge in [0.25, 0.3) is 5.91 Å². The maximum Gasteiger partial charge on any atom is 0.251 e. The van der Waals surface area contributed by atoms with Crippen LogP contribution in [0.4, 0.5) is 0 Å². The van der Waals surface area contributed by atoms with E-state index in [0.29, 0.717) is 18.8 Å². The molecule has 0 aliphatic carbocycles. The van der Waals surface area contributed by atoms with Crippen LogP contribution >= 0.6 is 0 Å². The zero-order valence-electron chi connectivity index (χ0n) is 13.5. The number of hydrogen-bond acceptors (Lipinski definition) is 5. The van der Waals surface area contributed by atoms with Crippen LogP contribution in [0, 0.1) is 0 Å². The van der Waals surface area contributed by atoms with Crippen LogP contribution in [0.2, 0.25) is 0 Å². The monoisotopic (exact) mass is 361 g/mol. The number of pyridine rings is 1. The molecule has 0 spiro atoms. The predicted molar refractivity (Wildman–Crippen MR) is 91.4 cm³/mol. The lowest BCUT2D eigenvalue weighted by Crippen LogP contribution is -2.35. The fourth-order valence-corrected chi connectivity index (χ4v) is 3.55. The highest BCUT2D eigenvalue weighted by atomic mass is 32.2. The molecule has 7 nitrogen and oxygen atoms in total. The lowest BCUT2D eigenvalue weighted by Gasteiger charge is -2.12. The van der Waals surface area contributed by atoms with E-state index in [9.17, 15) is 13.2 Å². The highest BCUT2D eigenvalue weighted by Gasteiger charge is 2.20. The van der Waals surface area contributed by atoms with Gasteiger partial charge in [-0.3, -0.25) is 9.78 Å². The lowest BCUT2D eigenvalue weighted by atomic mass is 10.2. The second-order valence-electron chi connectivity index (χ2n) is 5.74. The number of benzene rings is 1. The molecule has 1 amide bonds. The summed E-state index contributed by atoms with van der Waals surface area (Å²) in [6, 6.07) is 9.42. The Morgan fingerprint density at radius 3 is 2.76 bits per heavy atom. The summed E-state index contributed by atoms with van der Waals surface area (Å²) in [7, 11) is -3.72. The minimum absolute atomic E-state index is 0.0300. The Balaban J connectivity index is 1.69. The number of carbonyl (C=O) groups is 1. The van der Waals surface area contributed by atoms with Crippen LogP contribution in [0.15, 0.2) is 53.7 Å². The average Bonchev–Trinajstić information content (AvgIpc) is 3.14. The van der Waals surface area contributed by atoms with Gasteiger partial charge in [0.2, 0.25) is 10.0 Å². The van der Waals surface area contributed by atoms with Gasteiger partial charge in [-0.05, 0) is 42.3 Å². The van der Waals surface area contributed by atoms with Crippen molar-refractivity contribution < 1.29 is 17.9 Å². The minimum Gasteiger partial charge on any atom is -0.379 e. The van der Waals surface area contributed by atoms with Crippen molar-refractivity contribution in [1.29, 1.82) is 0 Å². The quantitative estimate of drug-likeness (QED) is 0.802. The molecule has 3 rings (SSSR count). The lowest BCUT2D eigenvalue weighted by molar-refractivity contribution is 0.0929. The second-order valence-corrected chi connectivity index (χ2v) is 7.51. The molecule has 0 saturated carbocycles. The highest BCUT2D eigenvalue weighted by Crippen LogP contribution is 2.13. The Morgan fingerprint density at radius 1 is 1.24 bits per heavy atom. The van der Waals surface area contributed by atoms with Gasteiger partial charge in [-0.1, -0.05) is 6.07 Å². The summed E-state index contributed by atoms with van der Waals surface area (Å²) in [6.45, 7) is 1.26. The zero-order chi connectivity index (χ0) is 17.7. The number of hydrogen-bond donors (Lipinski definition) is 2. The summed E-state index contributed by atoms with van der Waals surface area (Å²) >= 11 is 0. The van der Waals surface area contributed by atoms with E-state index in [1.165, 1.54) is 12.1 Å².